The number of nitrogens with one attached hydrogen (secondary N) is 2. The van der Waals surface area contributed by atoms with Gasteiger partial charge in [-0.05, 0) is 12.5 Å². The van der Waals surface area contributed by atoms with Crippen LogP contribution in [0.5, 0.6) is 0 Å². The Morgan fingerprint density at radius 3 is 3.00 bits per heavy atom. The number of amides is 1. The SMILES string of the molecule is CC1C(=O)NCCN1Cc1cccc([N+](=O)[O-])c1NN. The third-order valence-electron chi connectivity index (χ3n) is 3.47. The van der Waals surface area contributed by atoms with E-state index < -0.39 is 4.92 Å². The lowest BCUT2D eigenvalue weighted by Gasteiger charge is -2.33. The van der Waals surface area contributed by atoms with E-state index in [1.807, 2.05) is 4.90 Å². The number of carbonyl (C=O) groups excluding carboxylic acids is 1. The summed E-state index contributed by atoms with van der Waals surface area (Å²) in [5, 5.41) is 13.8. The van der Waals surface area contributed by atoms with Gasteiger partial charge in [-0.1, -0.05) is 12.1 Å². The average molecular weight is 279 g/mol. The normalized spacial score (nSPS) is 19.5. The van der Waals surface area contributed by atoms with Gasteiger partial charge in [0.2, 0.25) is 5.91 Å². The third kappa shape index (κ3) is 2.70. The number of nitro groups is 1. The lowest BCUT2D eigenvalue weighted by Crippen LogP contribution is -2.53. The molecule has 1 amide bonds. The van der Waals surface area contributed by atoms with E-state index in [0.717, 1.165) is 0 Å². The van der Waals surface area contributed by atoms with Crippen molar-refractivity contribution in [3.05, 3.63) is 33.9 Å². The Morgan fingerprint density at radius 2 is 2.35 bits per heavy atom. The second-order valence-corrected chi connectivity index (χ2v) is 4.65. The van der Waals surface area contributed by atoms with Crippen LogP contribution in [0, 0.1) is 10.1 Å². The maximum Gasteiger partial charge on any atom is 0.293 e. The van der Waals surface area contributed by atoms with Crippen molar-refractivity contribution in [3.63, 3.8) is 0 Å². The number of anilines is 1. The van der Waals surface area contributed by atoms with Crippen molar-refractivity contribution in [2.75, 3.05) is 18.5 Å². The van der Waals surface area contributed by atoms with Crippen molar-refractivity contribution in [1.82, 2.24) is 10.2 Å². The molecule has 4 N–H and O–H groups in total. The molecule has 20 heavy (non-hydrogen) atoms. The van der Waals surface area contributed by atoms with E-state index in [0.29, 0.717) is 25.2 Å². The first kappa shape index (κ1) is 14.2. The molecule has 108 valence electrons. The minimum Gasteiger partial charge on any atom is -0.353 e. The Hall–Kier alpha value is -2.19. The molecule has 1 atom stereocenters. The molecular formula is C12H17N5O3. The zero-order valence-corrected chi connectivity index (χ0v) is 11.1. The van der Waals surface area contributed by atoms with Crippen LogP contribution in [0.2, 0.25) is 0 Å². The summed E-state index contributed by atoms with van der Waals surface area (Å²) in [6.45, 7) is 3.50. The number of hydrogen-bond acceptors (Lipinski definition) is 6. The summed E-state index contributed by atoms with van der Waals surface area (Å²) < 4.78 is 0. The van der Waals surface area contributed by atoms with E-state index in [9.17, 15) is 14.9 Å². The number of nitrogens with zero attached hydrogens (tertiary/aromatic N) is 2. The van der Waals surface area contributed by atoms with Crippen LogP contribution in [0.4, 0.5) is 11.4 Å². The fourth-order valence-electron chi connectivity index (χ4n) is 2.30. The fourth-order valence-corrected chi connectivity index (χ4v) is 2.30. The monoisotopic (exact) mass is 279 g/mol. The van der Waals surface area contributed by atoms with Gasteiger partial charge in [0.25, 0.3) is 5.69 Å². The van der Waals surface area contributed by atoms with Crippen molar-refractivity contribution in [3.8, 4) is 0 Å². The van der Waals surface area contributed by atoms with Crippen LogP contribution in [0.3, 0.4) is 0 Å². The van der Waals surface area contributed by atoms with E-state index >= 15 is 0 Å². The number of rotatable bonds is 4. The predicted molar refractivity (Wildman–Crippen MR) is 73.8 cm³/mol. The Bertz CT molecular complexity index is 534. The van der Waals surface area contributed by atoms with Crippen molar-refractivity contribution >= 4 is 17.3 Å². The number of piperazine rings is 1. The first-order valence-electron chi connectivity index (χ1n) is 6.29. The van der Waals surface area contributed by atoms with E-state index in [-0.39, 0.29) is 23.3 Å². The Labute approximate surface area is 116 Å². The van der Waals surface area contributed by atoms with Crippen LogP contribution in [0.25, 0.3) is 0 Å². The maximum absolute atomic E-state index is 11.6. The van der Waals surface area contributed by atoms with Crippen LogP contribution >= 0.6 is 0 Å². The van der Waals surface area contributed by atoms with Gasteiger partial charge in [-0.25, -0.2) is 0 Å². The molecule has 0 bridgehead atoms. The number of hydrazine groups is 1. The Balaban J connectivity index is 2.27. The number of nitro benzene ring substituents is 1. The zero-order chi connectivity index (χ0) is 14.7. The molecule has 1 aromatic carbocycles. The molecule has 1 fully saturated rings. The highest BCUT2D eigenvalue weighted by Gasteiger charge is 2.27. The minimum absolute atomic E-state index is 0.0380. The zero-order valence-electron chi connectivity index (χ0n) is 11.1. The molecule has 0 radical (unpaired) electrons. The summed E-state index contributed by atoms with van der Waals surface area (Å²) >= 11 is 0. The first-order valence-corrected chi connectivity index (χ1v) is 6.29. The second kappa shape index (κ2) is 5.85. The standard InChI is InChI=1S/C12H17N5O3/c1-8-12(18)14-5-6-16(8)7-9-3-2-4-10(17(19)20)11(9)15-13/h2-4,8,15H,5-7,13H2,1H3,(H,14,18). The van der Waals surface area contributed by atoms with Crippen molar-refractivity contribution in [2.45, 2.75) is 19.5 Å². The Kier molecular flexibility index (Phi) is 4.16. The number of nitrogens with two attached hydrogens (primary N) is 1. The average Bonchev–Trinajstić information content (AvgIpc) is 2.43. The number of benzene rings is 1. The van der Waals surface area contributed by atoms with Crippen LogP contribution < -0.4 is 16.6 Å². The van der Waals surface area contributed by atoms with E-state index in [1.165, 1.54) is 6.07 Å². The van der Waals surface area contributed by atoms with Crippen molar-refractivity contribution < 1.29 is 9.72 Å². The van der Waals surface area contributed by atoms with E-state index in [2.05, 4.69) is 10.7 Å². The van der Waals surface area contributed by atoms with Crippen LogP contribution in [0.1, 0.15) is 12.5 Å². The topological polar surface area (TPSA) is 114 Å². The predicted octanol–water partition coefficient (Wildman–Crippen LogP) is 0.201. The molecule has 0 aromatic heterocycles. The molecule has 0 spiro atoms. The number of carbonyl (C=O) groups is 1. The molecule has 1 unspecified atom stereocenters. The first-order chi connectivity index (χ1) is 9.54. The molecule has 0 saturated carbocycles. The quantitative estimate of drug-likeness (QED) is 0.412. The molecule has 0 aliphatic carbocycles. The van der Waals surface area contributed by atoms with Crippen molar-refractivity contribution in [2.24, 2.45) is 5.84 Å². The molecule has 1 heterocycles. The lowest BCUT2D eigenvalue weighted by molar-refractivity contribution is -0.384. The highest BCUT2D eigenvalue weighted by Crippen LogP contribution is 2.28. The lowest BCUT2D eigenvalue weighted by atomic mass is 10.1. The van der Waals surface area contributed by atoms with Crippen LogP contribution in [-0.4, -0.2) is 34.9 Å². The summed E-state index contributed by atoms with van der Waals surface area (Å²) in [6, 6.07) is 4.50. The molecule has 1 saturated heterocycles. The van der Waals surface area contributed by atoms with Gasteiger partial charge in [0.05, 0.1) is 11.0 Å². The van der Waals surface area contributed by atoms with Crippen molar-refractivity contribution in [1.29, 1.82) is 0 Å². The second-order valence-electron chi connectivity index (χ2n) is 4.65. The summed E-state index contributed by atoms with van der Waals surface area (Å²) in [7, 11) is 0. The summed E-state index contributed by atoms with van der Waals surface area (Å²) in [6.07, 6.45) is 0. The maximum atomic E-state index is 11.6. The molecule has 1 aliphatic rings. The van der Waals surface area contributed by atoms with Crippen LogP contribution in [0.15, 0.2) is 18.2 Å². The number of hydrogen-bond donors (Lipinski definition) is 3. The van der Waals surface area contributed by atoms with Gasteiger partial charge in [-0.2, -0.15) is 0 Å². The van der Waals surface area contributed by atoms with Gasteiger partial charge in [0.15, 0.2) is 0 Å². The fraction of sp³-hybridized carbons (Fsp3) is 0.417. The molecule has 2 rings (SSSR count). The highest BCUT2D eigenvalue weighted by molar-refractivity contribution is 5.82. The third-order valence-corrected chi connectivity index (χ3v) is 3.47. The van der Waals surface area contributed by atoms with Gasteiger partial charge < -0.3 is 10.7 Å². The molecular weight excluding hydrogens is 262 g/mol. The number of para-hydroxylation sites is 1. The molecule has 8 heteroatoms. The largest absolute Gasteiger partial charge is 0.353 e. The molecule has 1 aromatic rings. The Morgan fingerprint density at radius 1 is 1.60 bits per heavy atom. The highest BCUT2D eigenvalue weighted by atomic mass is 16.6. The van der Waals surface area contributed by atoms with E-state index in [1.54, 1.807) is 19.1 Å². The van der Waals surface area contributed by atoms with Crippen LogP contribution in [-0.2, 0) is 11.3 Å². The smallest absolute Gasteiger partial charge is 0.293 e. The van der Waals surface area contributed by atoms with Gasteiger partial charge in [0, 0.05) is 25.7 Å². The van der Waals surface area contributed by atoms with Gasteiger partial charge in [0.1, 0.15) is 5.69 Å². The minimum atomic E-state index is -0.481. The molecule has 1 aliphatic heterocycles. The van der Waals surface area contributed by atoms with E-state index in [4.69, 9.17) is 5.84 Å². The molecule has 8 nitrogen and oxygen atoms in total. The summed E-state index contributed by atoms with van der Waals surface area (Å²) in [4.78, 5) is 24.1. The number of nitrogen functional groups attached to an aromatic ring is 1. The summed E-state index contributed by atoms with van der Waals surface area (Å²) in [5.41, 5.74) is 3.31. The van der Waals surface area contributed by atoms with Gasteiger partial charge in [-0.3, -0.25) is 25.7 Å². The summed E-state index contributed by atoms with van der Waals surface area (Å²) in [5.74, 6) is 5.37. The van der Waals surface area contributed by atoms with Gasteiger partial charge in [-0.15, -0.1) is 0 Å². The van der Waals surface area contributed by atoms with Gasteiger partial charge >= 0.3 is 0 Å².